The molecular weight excluding hydrogens is 258 g/mol. The van der Waals surface area contributed by atoms with E-state index in [9.17, 15) is 8.42 Å². The number of halogens is 1. The van der Waals surface area contributed by atoms with Crippen LogP contribution in [0.3, 0.4) is 0 Å². The maximum atomic E-state index is 11.6. The summed E-state index contributed by atoms with van der Waals surface area (Å²) in [6.07, 6.45) is 1.29. The molecule has 3 nitrogen and oxygen atoms in total. The van der Waals surface area contributed by atoms with Crippen LogP contribution in [0.4, 0.5) is 0 Å². The second kappa shape index (κ2) is 6.38. The van der Waals surface area contributed by atoms with E-state index in [1.807, 2.05) is 38.1 Å². The molecule has 0 heterocycles. The smallest absolute Gasteiger partial charge is 0.211 e. The zero-order chi connectivity index (χ0) is 12.9. The van der Waals surface area contributed by atoms with Crippen LogP contribution in [0.1, 0.15) is 25.8 Å². The van der Waals surface area contributed by atoms with Gasteiger partial charge in [0.15, 0.2) is 0 Å². The van der Waals surface area contributed by atoms with Gasteiger partial charge in [-0.05, 0) is 37.5 Å². The molecule has 0 aromatic heterocycles. The van der Waals surface area contributed by atoms with Gasteiger partial charge in [0, 0.05) is 11.1 Å². The van der Waals surface area contributed by atoms with Crippen LogP contribution in [0, 0.1) is 0 Å². The average molecular weight is 276 g/mol. The van der Waals surface area contributed by atoms with Gasteiger partial charge < -0.3 is 0 Å². The van der Waals surface area contributed by atoms with Crippen LogP contribution in [0.15, 0.2) is 24.3 Å². The van der Waals surface area contributed by atoms with Crippen molar-refractivity contribution in [1.29, 1.82) is 0 Å². The van der Waals surface area contributed by atoms with E-state index in [0.717, 1.165) is 5.56 Å². The van der Waals surface area contributed by atoms with E-state index in [2.05, 4.69) is 4.72 Å². The Kier molecular flexibility index (Phi) is 5.43. The van der Waals surface area contributed by atoms with Crippen LogP contribution in [-0.2, 0) is 16.4 Å². The van der Waals surface area contributed by atoms with E-state index in [0.29, 0.717) is 17.9 Å². The monoisotopic (exact) mass is 275 g/mol. The fourth-order valence-corrected chi connectivity index (χ4v) is 3.13. The lowest BCUT2D eigenvalue weighted by molar-refractivity contribution is 0.558. The van der Waals surface area contributed by atoms with Gasteiger partial charge in [-0.1, -0.05) is 30.7 Å². The van der Waals surface area contributed by atoms with E-state index in [4.69, 9.17) is 11.6 Å². The van der Waals surface area contributed by atoms with Gasteiger partial charge in [-0.2, -0.15) is 0 Å². The average Bonchev–Trinajstić information content (AvgIpc) is 2.20. The van der Waals surface area contributed by atoms with E-state index < -0.39 is 10.0 Å². The van der Waals surface area contributed by atoms with Crippen molar-refractivity contribution in [3.05, 3.63) is 34.9 Å². The summed E-state index contributed by atoms with van der Waals surface area (Å²) in [6.45, 7) is 3.71. The van der Waals surface area contributed by atoms with Crippen molar-refractivity contribution in [3.63, 3.8) is 0 Å². The summed E-state index contributed by atoms with van der Waals surface area (Å²) < 4.78 is 25.8. The number of hydrogen-bond acceptors (Lipinski definition) is 2. The minimum atomic E-state index is -3.14. The van der Waals surface area contributed by atoms with Crippen LogP contribution in [0.5, 0.6) is 0 Å². The topological polar surface area (TPSA) is 46.2 Å². The first-order valence-electron chi connectivity index (χ1n) is 5.67. The molecule has 0 aliphatic carbocycles. The summed E-state index contributed by atoms with van der Waals surface area (Å²) in [7, 11) is -3.14. The molecule has 1 N–H and O–H groups in total. The number of nitrogens with one attached hydrogen (secondary N) is 1. The van der Waals surface area contributed by atoms with Crippen molar-refractivity contribution in [2.24, 2.45) is 0 Å². The molecule has 1 aromatic carbocycles. The van der Waals surface area contributed by atoms with Gasteiger partial charge in [0.2, 0.25) is 10.0 Å². The third-order valence-electron chi connectivity index (χ3n) is 2.31. The maximum absolute atomic E-state index is 11.6. The van der Waals surface area contributed by atoms with Gasteiger partial charge in [0.25, 0.3) is 0 Å². The standard InChI is InChI=1S/C12H18ClNO2S/c1-3-8-17(15,16)14-10(2)9-11-4-6-12(13)7-5-11/h4-7,10,14H,3,8-9H2,1-2H3. The number of benzene rings is 1. The quantitative estimate of drug-likeness (QED) is 0.867. The largest absolute Gasteiger partial charge is 0.212 e. The highest BCUT2D eigenvalue weighted by atomic mass is 35.5. The summed E-state index contributed by atoms with van der Waals surface area (Å²) >= 11 is 5.78. The van der Waals surface area contributed by atoms with Gasteiger partial charge in [0.05, 0.1) is 5.75 Å². The predicted molar refractivity (Wildman–Crippen MR) is 71.8 cm³/mol. The van der Waals surface area contributed by atoms with Crippen molar-refractivity contribution in [2.75, 3.05) is 5.75 Å². The lowest BCUT2D eigenvalue weighted by Crippen LogP contribution is -2.35. The highest BCUT2D eigenvalue weighted by Gasteiger charge is 2.13. The van der Waals surface area contributed by atoms with Crippen LogP contribution in [-0.4, -0.2) is 20.2 Å². The van der Waals surface area contributed by atoms with Gasteiger partial charge in [-0.3, -0.25) is 0 Å². The molecular formula is C12H18ClNO2S. The second-order valence-corrected chi connectivity index (χ2v) is 6.48. The Balaban J connectivity index is 2.55. The first-order valence-corrected chi connectivity index (χ1v) is 7.70. The summed E-state index contributed by atoms with van der Waals surface area (Å²) in [5, 5.41) is 0.688. The summed E-state index contributed by atoms with van der Waals surface area (Å²) in [6, 6.07) is 7.33. The van der Waals surface area contributed by atoms with E-state index >= 15 is 0 Å². The van der Waals surface area contributed by atoms with Crippen molar-refractivity contribution < 1.29 is 8.42 Å². The Labute approximate surface area is 108 Å². The number of rotatable bonds is 6. The highest BCUT2D eigenvalue weighted by Crippen LogP contribution is 2.11. The molecule has 0 amide bonds. The molecule has 0 aliphatic rings. The molecule has 0 bridgehead atoms. The first kappa shape index (κ1) is 14.5. The maximum Gasteiger partial charge on any atom is 0.211 e. The Hall–Kier alpha value is -0.580. The molecule has 0 fully saturated rings. The van der Waals surface area contributed by atoms with Gasteiger partial charge in [0.1, 0.15) is 0 Å². The molecule has 1 unspecified atom stereocenters. The fourth-order valence-electron chi connectivity index (χ4n) is 1.65. The Bertz CT molecular complexity index is 442. The molecule has 0 aliphatic heterocycles. The Morgan fingerprint density at radius 1 is 1.29 bits per heavy atom. The SMILES string of the molecule is CCCS(=O)(=O)NC(C)Cc1ccc(Cl)cc1. The van der Waals surface area contributed by atoms with Gasteiger partial charge in [-0.25, -0.2) is 13.1 Å². The van der Waals surface area contributed by atoms with E-state index in [-0.39, 0.29) is 11.8 Å². The summed E-state index contributed by atoms with van der Waals surface area (Å²) in [5.41, 5.74) is 1.07. The van der Waals surface area contributed by atoms with E-state index in [1.54, 1.807) is 0 Å². The van der Waals surface area contributed by atoms with Crippen LogP contribution >= 0.6 is 11.6 Å². The zero-order valence-electron chi connectivity index (χ0n) is 10.1. The fraction of sp³-hybridized carbons (Fsp3) is 0.500. The lowest BCUT2D eigenvalue weighted by Gasteiger charge is -2.13. The normalized spacial score (nSPS) is 13.6. The third-order valence-corrected chi connectivity index (χ3v) is 4.27. The Morgan fingerprint density at radius 3 is 2.41 bits per heavy atom. The minimum absolute atomic E-state index is 0.104. The number of sulfonamides is 1. The first-order chi connectivity index (χ1) is 7.93. The minimum Gasteiger partial charge on any atom is -0.212 e. The van der Waals surface area contributed by atoms with Crippen molar-refractivity contribution in [3.8, 4) is 0 Å². The molecule has 96 valence electrons. The van der Waals surface area contributed by atoms with Gasteiger partial charge >= 0.3 is 0 Å². The molecule has 1 rings (SSSR count). The highest BCUT2D eigenvalue weighted by molar-refractivity contribution is 7.89. The Morgan fingerprint density at radius 2 is 1.88 bits per heavy atom. The number of hydrogen-bond donors (Lipinski definition) is 1. The summed E-state index contributed by atoms with van der Waals surface area (Å²) in [4.78, 5) is 0. The van der Waals surface area contributed by atoms with Crippen molar-refractivity contribution >= 4 is 21.6 Å². The molecule has 1 aromatic rings. The van der Waals surface area contributed by atoms with Crippen LogP contribution in [0.2, 0.25) is 5.02 Å². The van der Waals surface area contributed by atoms with Crippen LogP contribution < -0.4 is 4.72 Å². The molecule has 0 radical (unpaired) electrons. The van der Waals surface area contributed by atoms with Crippen LogP contribution in [0.25, 0.3) is 0 Å². The van der Waals surface area contributed by atoms with Gasteiger partial charge in [-0.15, -0.1) is 0 Å². The third kappa shape index (κ3) is 5.52. The molecule has 0 spiro atoms. The van der Waals surface area contributed by atoms with Crippen molar-refractivity contribution in [1.82, 2.24) is 4.72 Å². The second-order valence-electron chi connectivity index (χ2n) is 4.17. The molecule has 5 heteroatoms. The van der Waals surface area contributed by atoms with Crippen molar-refractivity contribution in [2.45, 2.75) is 32.7 Å². The molecule has 1 atom stereocenters. The predicted octanol–water partition coefficient (Wildman–Crippen LogP) is 2.60. The van der Waals surface area contributed by atoms with E-state index in [1.165, 1.54) is 0 Å². The molecule has 0 saturated heterocycles. The molecule has 17 heavy (non-hydrogen) atoms. The molecule has 0 saturated carbocycles. The summed E-state index contributed by atoms with van der Waals surface area (Å²) in [5.74, 6) is 0.179. The zero-order valence-corrected chi connectivity index (χ0v) is 11.7. The lowest BCUT2D eigenvalue weighted by atomic mass is 10.1.